The molecule has 0 spiro atoms. The molecule has 0 aliphatic carbocycles. The summed E-state index contributed by atoms with van der Waals surface area (Å²) in [5.41, 5.74) is 6.83. The summed E-state index contributed by atoms with van der Waals surface area (Å²) >= 11 is 0. The Kier molecular flexibility index (Phi) is 3.19. The zero-order chi connectivity index (χ0) is 11.5. The third-order valence-corrected chi connectivity index (χ3v) is 3.21. The average molecular weight is 219 g/mol. The van der Waals surface area contributed by atoms with E-state index in [1.165, 1.54) is 0 Å². The maximum absolute atomic E-state index is 11.8. The Morgan fingerprint density at radius 2 is 2.44 bits per heavy atom. The highest BCUT2D eigenvalue weighted by Gasteiger charge is 2.38. The van der Waals surface area contributed by atoms with E-state index in [1.54, 1.807) is 6.20 Å². The number of pyridine rings is 1. The van der Waals surface area contributed by atoms with Crippen LogP contribution >= 0.6 is 0 Å². The normalized spacial score (nSPS) is 25.1. The summed E-state index contributed by atoms with van der Waals surface area (Å²) in [5, 5.41) is 0. The highest BCUT2D eigenvalue weighted by molar-refractivity contribution is 5.79. The smallest absolute Gasteiger partial charge is 0.223 e. The number of carbonyl (C=O) groups is 1. The van der Waals surface area contributed by atoms with Gasteiger partial charge in [-0.2, -0.15) is 0 Å². The van der Waals surface area contributed by atoms with Crippen LogP contribution < -0.4 is 5.73 Å². The fourth-order valence-corrected chi connectivity index (χ4v) is 2.45. The van der Waals surface area contributed by atoms with Crippen LogP contribution in [-0.4, -0.2) is 28.9 Å². The van der Waals surface area contributed by atoms with Gasteiger partial charge in [-0.15, -0.1) is 0 Å². The molecule has 1 aliphatic rings. The predicted molar refractivity (Wildman–Crippen MR) is 61.5 cm³/mol. The van der Waals surface area contributed by atoms with E-state index in [2.05, 4.69) is 4.98 Å². The van der Waals surface area contributed by atoms with Gasteiger partial charge in [0.2, 0.25) is 5.91 Å². The van der Waals surface area contributed by atoms with Crippen LogP contribution in [0.5, 0.6) is 0 Å². The molecule has 0 saturated carbocycles. The lowest BCUT2D eigenvalue weighted by atomic mass is 9.95. The summed E-state index contributed by atoms with van der Waals surface area (Å²) in [6.45, 7) is 3.27. The van der Waals surface area contributed by atoms with Gasteiger partial charge in [0, 0.05) is 31.3 Å². The molecule has 2 rings (SSSR count). The van der Waals surface area contributed by atoms with Gasteiger partial charge in [-0.25, -0.2) is 0 Å². The third-order valence-electron chi connectivity index (χ3n) is 3.21. The van der Waals surface area contributed by atoms with Crippen LogP contribution in [0.2, 0.25) is 0 Å². The molecule has 0 aromatic carbocycles. The molecule has 0 radical (unpaired) electrons. The van der Waals surface area contributed by atoms with Crippen molar-refractivity contribution in [3.8, 4) is 0 Å². The van der Waals surface area contributed by atoms with E-state index in [4.69, 9.17) is 5.73 Å². The van der Waals surface area contributed by atoms with E-state index in [1.807, 2.05) is 30.2 Å². The molecule has 86 valence electrons. The van der Waals surface area contributed by atoms with Crippen LogP contribution in [0, 0.1) is 5.92 Å². The zero-order valence-electron chi connectivity index (χ0n) is 9.47. The quantitative estimate of drug-likeness (QED) is 0.823. The first-order valence-electron chi connectivity index (χ1n) is 5.67. The standard InChI is InChI=1S/C12H17N3O/c1-2-15-11(16)6-10(7-13)12(15)9-4-3-5-14-8-9/h3-5,8,10,12H,2,6-7,13H2,1H3/t10-,12+/m1/s1. The SMILES string of the molecule is CCN1C(=O)C[C@H](CN)[C@@H]1c1cccnc1. The zero-order valence-corrected chi connectivity index (χ0v) is 9.47. The third kappa shape index (κ3) is 1.80. The number of amides is 1. The molecule has 1 aromatic rings. The molecule has 1 aromatic heterocycles. The van der Waals surface area contributed by atoms with Gasteiger partial charge in [0.1, 0.15) is 0 Å². The van der Waals surface area contributed by atoms with E-state index < -0.39 is 0 Å². The minimum absolute atomic E-state index is 0.108. The Labute approximate surface area is 95.5 Å². The fraction of sp³-hybridized carbons (Fsp3) is 0.500. The maximum atomic E-state index is 11.8. The van der Waals surface area contributed by atoms with Gasteiger partial charge < -0.3 is 10.6 Å². The molecule has 16 heavy (non-hydrogen) atoms. The van der Waals surface area contributed by atoms with E-state index in [9.17, 15) is 4.79 Å². The second-order valence-electron chi connectivity index (χ2n) is 4.11. The second-order valence-corrected chi connectivity index (χ2v) is 4.11. The topological polar surface area (TPSA) is 59.2 Å². The summed E-state index contributed by atoms with van der Waals surface area (Å²) in [7, 11) is 0. The van der Waals surface area contributed by atoms with Crippen LogP contribution in [0.15, 0.2) is 24.5 Å². The summed E-state index contributed by atoms with van der Waals surface area (Å²) < 4.78 is 0. The van der Waals surface area contributed by atoms with Crippen molar-refractivity contribution in [2.75, 3.05) is 13.1 Å². The Morgan fingerprint density at radius 3 is 3.00 bits per heavy atom. The summed E-state index contributed by atoms with van der Waals surface area (Å²) in [6.07, 6.45) is 4.13. The van der Waals surface area contributed by atoms with Gasteiger partial charge in [-0.3, -0.25) is 9.78 Å². The predicted octanol–water partition coefficient (Wildman–Crippen LogP) is 0.950. The number of carbonyl (C=O) groups excluding carboxylic acids is 1. The van der Waals surface area contributed by atoms with Crippen molar-refractivity contribution >= 4 is 5.91 Å². The van der Waals surface area contributed by atoms with Crippen LogP contribution in [-0.2, 0) is 4.79 Å². The van der Waals surface area contributed by atoms with Gasteiger partial charge in [-0.1, -0.05) is 6.07 Å². The number of hydrogen-bond donors (Lipinski definition) is 1. The van der Waals surface area contributed by atoms with Gasteiger partial charge in [0.25, 0.3) is 0 Å². The Balaban J connectivity index is 2.32. The highest BCUT2D eigenvalue weighted by Crippen LogP contribution is 2.36. The monoisotopic (exact) mass is 219 g/mol. The van der Waals surface area contributed by atoms with Gasteiger partial charge >= 0.3 is 0 Å². The molecule has 1 amide bonds. The van der Waals surface area contributed by atoms with Crippen molar-refractivity contribution in [1.82, 2.24) is 9.88 Å². The second kappa shape index (κ2) is 4.61. The maximum Gasteiger partial charge on any atom is 0.223 e. The van der Waals surface area contributed by atoms with Crippen molar-refractivity contribution < 1.29 is 4.79 Å². The van der Waals surface area contributed by atoms with Crippen LogP contribution in [0.4, 0.5) is 0 Å². The Bertz CT molecular complexity index is 366. The Hall–Kier alpha value is -1.42. The van der Waals surface area contributed by atoms with Gasteiger partial charge in [-0.05, 0) is 25.1 Å². The molecule has 1 fully saturated rings. The number of likely N-dealkylation sites (tertiary alicyclic amines) is 1. The Morgan fingerprint density at radius 1 is 1.62 bits per heavy atom. The summed E-state index contributed by atoms with van der Waals surface area (Å²) in [6, 6.07) is 4.03. The van der Waals surface area contributed by atoms with E-state index in [-0.39, 0.29) is 17.9 Å². The molecule has 4 nitrogen and oxygen atoms in total. The van der Waals surface area contributed by atoms with Crippen LogP contribution in [0.3, 0.4) is 0 Å². The van der Waals surface area contributed by atoms with Gasteiger partial charge in [0.05, 0.1) is 6.04 Å². The number of aromatic nitrogens is 1. The number of nitrogens with zero attached hydrogens (tertiary/aromatic N) is 2. The lowest BCUT2D eigenvalue weighted by Gasteiger charge is -2.26. The molecule has 2 heterocycles. The molecule has 0 bridgehead atoms. The van der Waals surface area contributed by atoms with Crippen molar-refractivity contribution in [3.05, 3.63) is 30.1 Å². The van der Waals surface area contributed by atoms with Crippen molar-refractivity contribution in [1.29, 1.82) is 0 Å². The molecule has 1 saturated heterocycles. The molecular formula is C12H17N3O. The van der Waals surface area contributed by atoms with Gasteiger partial charge in [0.15, 0.2) is 0 Å². The number of rotatable bonds is 3. The van der Waals surface area contributed by atoms with Crippen LogP contribution in [0.1, 0.15) is 24.9 Å². The fourth-order valence-electron chi connectivity index (χ4n) is 2.45. The van der Waals surface area contributed by atoms with E-state index in [0.717, 1.165) is 12.1 Å². The largest absolute Gasteiger partial charge is 0.336 e. The van der Waals surface area contributed by atoms with E-state index in [0.29, 0.717) is 13.0 Å². The number of hydrogen-bond acceptors (Lipinski definition) is 3. The van der Waals surface area contributed by atoms with Crippen molar-refractivity contribution in [3.63, 3.8) is 0 Å². The van der Waals surface area contributed by atoms with Crippen LogP contribution in [0.25, 0.3) is 0 Å². The molecular weight excluding hydrogens is 202 g/mol. The molecule has 4 heteroatoms. The first kappa shape index (κ1) is 11.1. The minimum atomic E-state index is 0.108. The molecule has 2 atom stereocenters. The molecule has 1 aliphatic heterocycles. The molecule has 0 unspecified atom stereocenters. The minimum Gasteiger partial charge on any atom is -0.336 e. The highest BCUT2D eigenvalue weighted by atomic mass is 16.2. The lowest BCUT2D eigenvalue weighted by molar-refractivity contribution is -0.128. The van der Waals surface area contributed by atoms with Crippen molar-refractivity contribution in [2.24, 2.45) is 11.7 Å². The average Bonchev–Trinajstić information content (AvgIpc) is 2.66. The summed E-state index contributed by atoms with van der Waals surface area (Å²) in [4.78, 5) is 17.8. The first-order valence-corrected chi connectivity index (χ1v) is 5.67. The molecule has 2 N–H and O–H groups in total. The first-order chi connectivity index (χ1) is 7.77. The van der Waals surface area contributed by atoms with E-state index >= 15 is 0 Å². The summed E-state index contributed by atoms with van der Waals surface area (Å²) in [5.74, 6) is 0.420. The van der Waals surface area contributed by atoms with Crippen molar-refractivity contribution in [2.45, 2.75) is 19.4 Å². The number of nitrogens with two attached hydrogens (primary N) is 1. The lowest BCUT2D eigenvalue weighted by Crippen LogP contribution is -2.30.